The Morgan fingerprint density at radius 2 is 1.75 bits per heavy atom. The van der Waals surface area contributed by atoms with E-state index in [2.05, 4.69) is 9.97 Å². The zero-order valence-electron chi connectivity index (χ0n) is 8.51. The third-order valence-electron chi connectivity index (χ3n) is 2.62. The van der Waals surface area contributed by atoms with Crippen LogP contribution >= 0.6 is 0 Å². The van der Waals surface area contributed by atoms with Gasteiger partial charge in [0.15, 0.2) is 5.88 Å². The van der Waals surface area contributed by atoms with Crippen LogP contribution in [0.5, 0.6) is 5.88 Å². The Labute approximate surface area is 92.4 Å². The number of fused-ring (bicyclic) bond motifs is 1. The summed E-state index contributed by atoms with van der Waals surface area (Å²) in [6.07, 6.45) is 3.54. The molecule has 3 aromatic rings. The van der Waals surface area contributed by atoms with Gasteiger partial charge in [-0.15, -0.1) is 0 Å². The Kier molecular flexibility index (Phi) is 1.90. The number of rotatable bonds is 1. The van der Waals surface area contributed by atoms with Gasteiger partial charge < -0.3 is 10.1 Å². The number of nitrogens with one attached hydrogen (secondary N) is 1. The van der Waals surface area contributed by atoms with E-state index in [-0.39, 0.29) is 5.88 Å². The fourth-order valence-electron chi connectivity index (χ4n) is 1.84. The molecule has 1 aromatic carbocycles. The molecule has 0 aliphatic rings. The monoisotopic (exact) mass is 210 g/mol. The number of hydrogen-bond donors (Lipinski definition) is 2. The van der Waals surface area contributed by atoms with E-state index in [0.29, 0.717) is 0 Å². The van der Waals surface area contributed by atoms with Crippen molar-refractivity contribution in [3.63, 3.8) is 0 Å². The molecule has 3 nitrogen and oxygen atoms in total. The highest BCUT2D eigenvalue weighted by Gasteiger charge is 2.02. The molecule has 2 heterocycles. The maximum absolute atomic E-state index is 9.35. The van der Waals surface area contributed by atoms with Crippen LogP contribution in [0.2, 0.25) is 0 Å². The standard InChI is InChI=1S/C13H10N2O/c16-13-8-11-2-1-10(7-12(11)15-13)9-3-5-14-6-4-9/h1-8,15-16H. The van der Waals surface area contributed by atoms with E-state index in [9.17, 15) is 5.11 Å². The summed E-state index contributed by atoms with van der Waals surface area (Å²) in [6, 6.07) is 11.7. The van der Waals surface area contributed by atoms with Crippen molar-refractivity contribution in [1.82, 2.24) is 9.97 Å². The number of H-pyrrole nitrogens is 1. The van der Waals surface area contributed by atoms with Crippen molar-refractivity contribution in [2.75, 3.05) is 0 Å². The first-order valence-electron chi connectivity index (χ1n) is 5.05. The lowest BCUT2D eigenvalue weighted by molar-refractivity contribution is 0.458. The fraction of sp³-hybridized carbons (Fsp3) is 0. The lowest BCUT2D eigenvalue weighted by atomic mass is 10.1. The minimum Gasteiger partial charge on any atom is -0.495 e. The quantitative estimate of drug-likeness (QED) is 0.648. The number of benzene rings is 1. The molecule has 78 valence electrons. The molecule has 0 bridgehead atoms. The molecule has 0 amide bonds. The van der Waals surface area contributed by atoms with Gasteiger partial charge in [-0.25, -0.2) is 0 Å². The molecular formula is C13H10N2O. The molecule has 0 fully saturated rings. The molecule has 0 unspecified atom stereocenters. The van der Waals surface area contributed by atoms with Crippen LogP contribution in [-0.2, 0) is 0 Å². The molecule has 0 radical (unpaired) electrons. The van der Waals surface area contributed by atoms with Gasteiger partial charge in [-0.05, 0) is 29.3 Å². The van der Waals surface area contributed by atoms with Gasteiger partial charge in [-0.2, -0.15) is 0 Å². The largest absolute Gasteiger partial charge is 0.495 e. The third-order valence-corrected chi connectivity index (χ3v) is 2.62. The molecule has 0 saturated carbocycles. The average Bonchev–Trinajstić information content (AvgIpc) is 2.69. The number of nitrogens with zero attached hydrogens (tertiary/aromatic N) is 1. The molecule has 16 heavy (non-hydrogen) atoms. The number of pyridine rings is 1. The van der Waals surface area contributed by atoms with Crippen LogP contribution in [0.1, 0.15) is 0 Å². The normalized spacial score (nSPS) is 10.8. The van der Waals surface area contributed by atoms with Crippen molar-refractivity contribution in [3.05, 3.63) is 48.8 Å². The van der Waals surface area contributed by atoms with Crippen LogP contribution in [0.25, 0.3) is 22.0 Å². The van der Waals surface area contributed by atoms with E-state index in [1.807, 2.05) is 30.3 Å². The van der Waals surface area contributed by atoms with Crippen LogP contribution in [0.15, 0.2) is 48.8 Å². The van der Waals surface area contributed by atoms with E-state index in [0.717, 1.165) is 22.0 Å². The minimum absolute atomic E-state index is 0.196. The molecule has 0 spiro atoms. The van der Waals surface area contributed by atoms with E-state index in [1.165, 1.54) is 0 Å². The van der Waals surface area contributed by atoms with Crippen molar-refractivity contribution in [2.45, 2.75) is 0 Å². The molecule has 2 N–H and O–H groups in total. The van der Waals surface area contributed by atoms with Crippen LogP contribution in [0, 0.1) is 0 Å². The zero-order chi connectivity index (χ0) is 11.0. The number of aromatic hydroxyl groups is 1. The number of hydrogen-bond acceptors (Lipinski definition) is 2. The zero-order valence-corrected chi connectivity index (χ0v) is 8.51. The van der Waals surface area contributed by atoms with E-state index in [1.54, 1.807) is 18.5 Å². The van der Waals surface area contributed by atoms with Gasteiger partial charge in [0.05, 0.1) is 0 Å². The first-order valence-corrected chi connectivity index (χ1v) is 5.05. The highest BCUT2D eigenvalue weighted by Crippen LogP contribution is 2.25. The van der Waals surface area contributed by atoms with E-state index in [4.69, 9.17) is 0 Å². The van der Waals surface area contributed by atoms with Crippen LogP contribution < -0.4 is 0 Å². The SMILES string of the molecule is Oc1cc2ccc(-c3ccncc3)cc2[nH]1. The molecule has 0 atom stereocenters. The average molecular weight is 210 g/mol. The maximum Gasteiger partial charge on any atom is 0.189 e. The first kappa shape index (κ1) is 8.97. The van der Waals surface area contributed by atoms with Gasteiger partial charge in [-0.3, -0.25) is 4.98 Å². The van der Waals surface area contributed by atoms with Gasteiger partial charge in [0.2, 0.25) is 0 Å². The maximum atomic E-state index is 9.35. The van der Waals surface area contributed by atoms with Crippen LogP contribution in [-0.4, -0.2) is 15.1 Å². The summed E-state index contributed by atoms with van der Waals surface area (Å²) in [4.78, 5) is 6.90. The van der Waals surface area contributed by atoms with Crippen molar-refractivity contribution in [2.24, 2.45) is 0 Å². The topological polar surface area (TPSA) is 48.9 Å². The third kappa shape index (κ3) is 1.42. The second kappa shape index (κ2) is 3.38. The highest BCUT2D eigenvalue weighted by atomic mass is 16.3. The summed E-state index contributed by atoms with van der Waals surface area (Å²) in [5.74, 6) is 0.196. The number of aromatic nitrogens is 2. The summed E-state index contributed by atoms with van der Waals surface area (Å²) >= 11 is 0. The lowest BCUT2D eigenvalue weighted by Crippen LogP contribution is -1.78. The summed E-state index contributed by atoms with van der Waals surface area (Å²) in [5.41, 5.74) is 3.16. The second-order valence-corrected chi connectivity index (χ2v) is 3.69. The van der Waals surface area contributed by atoms with Crippen LogP contribution in [0.3, 0.4) is 0 Å². The summed E-state index contributed by atoms with van der Waals surface area (Å²) < 4.78 is 0. The molecule has 0 aliphatic carbocycles. The lowest BCUT2D eigenvalue weighted by Gasteiger charge is -2.00. The first-order chi connectivity index (χ1) is 7.83. The second-order valence-electron chi connectivity index (χ2n) is 3.69. The Bertz CT molecular complexity index is 629. The van der Waals surface area contributed by atoms with Crippen molar-refractivity contribution in [1.29, 1.82) is 0 Å². The Morgan fingerprint density at radius 1 is 0.938 bits per heavy atom. The minimum atomic E-state index is 0.196. The summed E-state index contributed by atoms with van der Waals surface area (Å²) in [5, 5.41) is 10.4. The van der Waals surface area contributed by atoms with Gasteiger partial charge in [0.1, 0.15) is 0 Å². The Balaban J connectivity index is 2.18. The number of aromatic amines is 1. The molecule has 2 aromatic heterocycles. The smallest absolute Gasteiger partial charge is 0.189 e. The fourth-order valence-corrected chi connectivity index (χ4v) is 1.84. The van der Waals surface area contributed by atoms with Gasteiger partial charge >= 0.3 is 0 Å². The van der Waals surface area contributed by atoms with E-state index >= 15 is 0 Å². The van der Waals surface area contributed by atoms with Gasteiger partial charge in [0.25, 0.3) is 0 Å². The summed E-state index contributed by atoms with van der Waals surface area (Å²) in [6.45, 7) is 0. The molecular weight excluding hydrogens is 200 g/mol. The van der Waals surface area contributed by atoms with Crippen molar-refractivity contribution < 1.29 is 5.11 Å². The molecule has 0 saturated heterocycles. The predicted molar refractivity (Wildman–Crippen MR) is 63.2 cm³/mol. The summed E-state index contributed by atoms with van der Waals surface area (Å²) in [7, 11) is 0. The van der Waals surface area contributed by atoms with Gasteiger partial charge in [0, 0.05) is 29.4 Å². The van der Waals surface area contributed by atoms with Crippen molar-refractivity contribution in [3.8, 4) is 17.0 Å². The molecule has 0 aliphatic heterocycles. The highest BCUT2D eigenvalue weighted by molar-refractivity contribution is 5.86. The predicted octanol–water partition coefficient (Wildman–Crippen LogP) is 2.94. The van der Waals surface area contributed by atoms with E-state index < -0.39 is 0 Å². The van der Waals surface area contributed by atoms with Crippen molar-refractivity contribution >= 4 is 10.9 Å². The molecule has 3 rings (SSSR count). The van der Waals surface area contributed by atoms with Crippen LogP contribution in [0.4, 0.5) is 0 Å². The molecule has 3 heteroatoms. The Morgan fingerprint density at radius 3 is 2.56 bits per heavy atom. The Hall–Kier alpha value is -2.29. The van der Waals surface area contributed by atoms with Gasteiger partial charge in [-0.1, -0.05) is 12.1 Å².